The molecule has 0 atom stereocenters. The normalized spacial score (nSPS) is 20.3. The van der Waals surface area contributed by atoms with Crippen LogP contribution in [0.5, 0.6) is 0 Å². The van der Waals surface area contributed by atoms with E-state index in [-0.39, 0.29) is 24.8 Å². The first-order valence-electron chi connectivity index (χ1n) is 5.43. The van der Waals surface area contributed by atoms with Gasteiger partial charge in [-0.2, -0.15) is 0 Å². The molecule has 16 heavy (non-hydrogen) atoms. The van der Waals surface area contributed by atoms with Gasteiger partial charge in [0.05, 0.1) is 0 Å². The Labute approximate surface area is 113 Å². The maximum atomic E-state index is 2.55. The Balaban J connectivity index is 0.00000112. The molecule has 0 nitrogen and oxygen atoms in total. The van der Waals surface area contributed by atoms with Crippen LogP contribution in [0.25, 0.3) is 0 Å². The van der Waals surface area contributed by atoms with Gasteiger partial charge in [0.15, 0.2) is 0 Å². The average Bonchev–Trinajstić information content (AvgIpc) is 2.78. The van der Waals surface area contributed by atoms with Crippen molar-refractivity contribution < 1.29 is 18.8 Å². The Bertz CT molecular complexity index is 344. The van der Waals surface area contributed by atoms with Crippen LogP contribution in [0.1, 0.15) is 12.8 Å². The minimum absolute atomic E-state index is 0. The summed E-state index contributed by atoms with van der Waals surface area (Å²) in [4.78, 5) is 0. The Morgan fingerprint density at radius 3 is 1.44 bits per heavy atom. The molecule has 2 aliphatic rings. The SMILES string of the molecule is Cl.Cl.[CH3][Zr]([CH3])([CH3])([C]1=CC=CC1)[C]1=CC=CC1. The van der Waals surface area contributed by atoms with Crippen LogP contribution in [0, 0.1) is 0 Å². The van der Waals surface area contributed by atoms with Crippen molar-refractivity contribution in [2.45, 2.75) is 26.7 Å². The van der Waals surface area contributed by atoms with Crippen LogP contribution in [0.3, 0.4) is 0 Å². The van der Waals surface area contributed by atoms with Crippen LogP contribution in [-0.2, 0) is 18.8 Å². The minimum atomic E-state index is -2.65. The number of halogens is 2. The summed E-state index contributed by atoms with van der Waals surface area (Å²) < 4.78 is 11.1. The standard InChI is InChI=1S/2C5H5.3CH3.2ClH.Zr/c2*1-2-4-5-3-1;;;;;;/h2*1-3H,4H2;3*1H3;2*1H;. The summed E-state index contributed by atoms with van der Waals surface area (Å²) in [6.45, 7) is 0. The molecule has 0 unspecified atom stereocenters. The van der Waals surface area contributed by atoms with Gasteiger partial charge in [0.25, 0.3) is 0 Å². The van der Waals surface area contributed by atoms with Crippen molar-refractivity contribution in [3.05, 3.63) is 43.0 Å². The van der Waals surface area contributed by atoms with E-state index in [2.05, 4.69) is 50.4 Å². The van der Waals surface area contributed by atoms with Crippen LogP contribution in [0.15, 0.2) is 43.0 Å². The Morgan fingerprint density at radius 2 is 1.19 bits per heavy atom. The fourth-order valence-corrected chi connectivity index (χ4v) is 10.8. The second kappa shape index (κ2) is 5.38. The molecule has 91 valence electrons. The van der Waals surface area contributed by atoms with Crippen molar-refractivity contribution in [3.63, 3.8) is 0 Å². The molecule has 0 bridgehead atoms. The third kappa shape index (κ3) is 2.81. The summed E-state index contributed by atoms with van der Waals surface area (Å²) in [6, 6.07) is 0. The summed E-state index contributed by atoms with van der Waals surface area (Å²) in [7, 11) is 0. The van der Waals surface area contributed by atoms with Gasteiger partial charge < -0.3 is 0 Å². The third-order valence-corrected chi connectivity index (χ3v) is 16.7. The molecule has 0 aliphatic heterocycles. The fourth-order valence-electron chi connectivity index (χ4n) is 2.40. The van der Waals surface area contributed by atoms with Gasteiger partial charge in [-0.25, -0.2) is 0 Å². The Hall–Kier alpha value is 0.423. The van der Waals surface area contributed by atoms with Crippen LogP contribution >= 0.6 is 24.8 Å². The summed E-state index contributed by atoms with van der Waals surface area (Å²) in [5, 5.41) is 0. The zero-order chi connectivity index (χ0) is 10.3. The second-order valence-electron chi connectivity index (χ2n) is 5.77. The first-order chi connectivity index (χ1) is 6.49. The molecule has 3 heteroatoms. The summed E-state index contributed by atoms with van der Waals surface area (Å²) in [6.07, 6.45) is 16.2. The van der Waals surface area contributed by atoms with Crippen molar-refractivity contribution in [2.75, 3.05) is 0 Å². The van der Waals surface area contributed by atoms with Crippen molar-refractivity contribution in [2.24, 2.45) is 0 Å². The van der Waals surface area contributed by atoms with Gasteiger partial charge in [-0.15, -0.1) is 24.8 Å². The van der Waals surface area contributed by atoms with Gasteiger partial charge in [-0.1, -0.05) is 0 Å². The molecular weight excluding hydrogens is 318 g/mol. The molecule has 0 fully saturated rings. The monoisotopic (exact) mass is 337 g/mol. The number of allylic oxidation sites excluding steroid dienone is 8. The quantitative estimate of drug-likeness (QED) is 0.636. The van der Waals surface area contributed by atoms with Crippen molar-refractivity contribution in [1.29, 1.82) is 0 Å². The number of hydrogen-bond acceptors (Lipinski definition) is 0. The van der Waals surface area contributed by atoms with E-state index >= 15 is 0 Å². The predicted octanol–water partition coefficient (Wildman–Crippen LogP) is 5.35. The number of hydrogen-bond donors (Lipinski definition) is 0. The summed E-state index contributed by atoms with van der Waals surface area (Å²) >= 11 is -2.65. The Morgan fingerprint density at radius 1 is 0.812 bits per heavy atom. The van der Waals surface area contributed by atoms with E-state index < -0.39 is 18.8 Å². The Kier molecular flexibility index (Phi) is 5.52. The zero-order valence-electron chi connectivity index (χ0n) is 10.2. The molecule has 0 spiro atoms. The van der Waals surface area contributed by atoms with Crippen LogP contribution in [-0.4, -0.2) is 0 Å². The average molecular weight is 339 g/mol. The van der Waals surface area contributed by atoms with Crippen molar-refractivity contribution >= 4 is 24.8 Å². The fraction of sp³-hybridized carbons (Fsp3) is 0.385. The van der Waals surface area contributed by atoms with E-state index in [0.29, 0.717) is 0 Å². The van der Waals surface area contributed by atoms with Gasteiger partial charge in [-0.3, -0.25) is 0 Å². The van der Waals surface area contributed by atoms with E-state index in [4.69, 9.17) is 0 Å². The summed E-state index contributed by atoms with van der Waals surface area (Å²) in [5.74, 6) is 0. The molecule has 0 amide bonds. The molecule has 0 radical (unpaired) electrons. The van der Waals surface area contributed by atoms with Gasteiger partial charge in [0.1, 0.15) is 0 Å². The molecule has 0 aromatic carbocycles. The van der Waals surface area contributed by atoms with Crippen LogP contribution < -0.4 is 0 Å². The second-order valence-corrected chi connectivity index (χ2v) is 24.3. The summed E-state index contributed by atoms with van der Waals surface area (Å²) in [5.41, 5.74) is 0. The van der Waals surface area contributed by atoms with Gasteiger partial charge in [0, 0.05) is 0 Å². The third-order valence-electron chi connectivity index (χ3n) is 3.79. The molecule has 0 saturated carbocycles. The van der Waals surface area contributed by atoms with Crippen LogP contribution in [0.2, 0.25) is 13.9 Å². The molecule has 0 N–H and O–H groups in total. The topological polar surface area (TPSA) is 0 Å². The predicted molar refractivity (Wildman–Crippen MR) is 75.8 cm³/mol. The first-order valence-corrected chi connectivity index (χ1v) is 15.3. The van der Waals surface area contributed by atoms with Gasteiger partial charge in [0.2, 0.25) is 0 Å². The maximum absolute atomic E-state index is 2.65. The molecule has 2 aliphatic carbocycles. The van der Waals surface area contributed by atoms with Crippen molar-refractivity contribution in [1.82, 2.24) is 0 Å². The van der Waals surface area contributed by atoms with E-state index in [1.54, 1.807) is 6.56 Å². The van der Waals surface area contributed by atoms with Crippen molar-refractivity contribution in [3.8, 4) is 0 Å². The van der Waals surface area contributed by atoms with E-state index in [1.165, 1.54) is 12.8 Å². The van der Waals surface area contributed by atoms with Gasteiger partial charge in [-0.05, 0) is 0 Å². The van der Waals surface area contributed by atoms with E-state index in [1.807, 2.05) is 0 Å². The van der Waals surface area contributed by atoms with Crippen LogP contribution in [0.4, 0.5) is 0 Å². The molecule has 0 aromatic rings. The molecule has 0 saturated heterocycles. The number of rotatable bonds is 2. The van der Waals surface area contributed by atoms with E-state index in [0.717, 1.165) is 0 Å². The molecule has 0 heterocycles. The van der Waals surface area contributed by atoms with Gasteiger partial charge >= 0.3 is 88.5 Å². The van der Waals surface area contributed by atoms with E-state index in [9.17, 15) is 0 Å². The zero-order valence-corrected chi connectivity index (χ0v) is 14.3. The molecule has 2 rings (SSSR count). The molecular formula is C13H21Cl2Zr. The first kappa shape index (κ1) is 16.4. The molecule has 0 aromatic heterocycles.